The minimum Gasteiger partial charge on any atom is -0.468 e. The number of carbonyl (C=O) groups is 1. The van der Waals surface area contributed by atoms with Crippen molar-refractivity contribution in [1.82, 2.24) is 5.32 Å². The van der Waals surface area contributed by atoms with Crippen LogP contribution in [-0.4, -0.2) is 37.4 Å². The van der Waals surface area contributed by atoms with Crippen LogP contribution >= 0.6 is 0 Å². The van der Waals surface area contributed by atoms with E-state index in [1.807, 2.05) is 0 Å². The van der Waals surface area contributed by atoms with Gasteiger partial charge in [0.25, 0.3) is 0 Å². The molecule has 1 atom stereocenters. The van der Waals surface area contributed by atoms with Crippen molar-refractivity contribution < 1.29 is 14.6 Å². The normalized spacial score (nSPS) is 21.3. The summed E-state index contributed by atoms with van der Waals surface area (Å²) in [5.74, 6) is -0.249. The first-order valence-electron chi connectivity index (χ1n) is 5.56. The van der Waals surface area contributed by atoms with Crippen LogP contribution in [0.3, 0.4) is 0 Å². The summed E-state index contributed by atoms with van der Waals surface area (Å²) in [5.41, 5.74) is -0.0116. The Kier molecular flexibility index (Phi) is 4.54. The monoisotopic (exact) mass is 215 g/mol. The van der Waals surface area contributed by atoms with Crippen LogP contribution in [0.1, 0.15) is 32.6 Å². The van der Waals surface area contributed by atoms with Gasteiger partial charge in [-0.1, -0.05) is 12.8 Å². The molecule has 1 rings (SSSR count). The number of hydrogen-bond acceptors (Lipinski definition) is 4. The Morgan fingerprint density at radius 3 is 2.60 bits per heavy atom. The number of ether oxygens (including phenoxy) is 1. The smallest absolute Gasteiger partial charge is 0.322 e. The Morgan fingerprint density at radius 2 is 2.13 bits per heavy atom. The fourth-order valence-corrected chi connectivity index (χ4v) is 2.15. The molecule has 1 aliphatic rings. The fourth-order valence-electron chi connectivity index (χ4n) is 2.15. The van der Waals surface area contributed by atoms with Gasteiger partial charge in [0.05, 0.1) is 7.11 Å². The van der Waals surface area contributed by atoms with E-state index in [1.54, 1.807) is 6.92 Å². The molecular weight excluding hydrogens is 194 g/mol. The van der Waals surface area contributed by atoms with E-state index >= 15 is 0 Å². The SMILES string of the molecule is COC(=O)C(C)NCC1(CO)CCCC1. The lowest BCUT2D eigenvalue weighted by molar-refractivity contribution is -0.142. The lowest BCUT2D eigenvalue weighted by Gasteiger charge is -2.28. The Bertz CT molecular complexity index is 212. The predicted octanol–water partition coefficient (Wildman–Crippen LogP) is 0.690. The van der Waals surface area contributed by atoms with Crippen LogP contribution in [0, 0.1) is 5.41 Å². The van der Waals surface area contributed by atoms with Gasteiger partial charge in [-0.3, -0.25) is 4.79 Å². The number of carbonyl (C=O) groups excluding carboxylic acids is 1. The molecule has 2 N–H and O–H groups in total. The molecule has 0 aliphatic heterocycles. The number of esters is 1. The van der Waals surface area contributed by atoms with Gasteiger partial charge < -0.3 is 15.2 Å². The van der Waals surface area contributed by atoms with Crippen molar-refractivity contribution in [3.8, 4) is 0 Å². The molecule has 0 heterocycles. The zero-order valence-corrected chi connectivity index (χ0v) is 9.58. The van der Waals surface area contributed by atoms with E-state index in [0.29, 0.717) is 6.54 Å². The highest BCUT2D eigenvalue weighted by atomic mass is 16.5. The lowest BCUT2D eigenvalue weighted by Crippen LogP contribution is -2.43. The first kappa shape index (κ1) is 12.5. The Morgan fingerprint density at radius 1 is 1.53 bits per heavy atom. The van der Waals surface area contributed by atoms with E-state index in [-0.39, 0.29) is 24.0 Å². The average Bonchev–Trinajstić information content (AvgIpc) is 2.74. The molecule has 0 saturated heterocycles. The molecule has 0 amide bonds. The predicted molar refractivity (Wildman–Crippen MR) is 57.5 cm³/mol. The molecule has 4 nitrogen and oxygen atoms in total. The first-order chi connectivity index (χ1) is 7.13. The molecule has 88 valence electrons. The fraction of sp³-hybridized carbons (Fsp3) is 0.909. The van der Waals surface area contributed by atoms with Gasteiger partial charge in [0, 0.05) is 18.6 Å². The number of hydrogen-bond donors (Lipinski definition) is 2. The Labute approximate surface area is 91.0 Å². The molecule has 4 heteroatoms. The van der Waals surface area contributed by atoms with Gasteiger partial charge in [-0.05, 0) is 19.8 Å². The maximum Gasteiger partial charge on any atom is 0.322 e. The maximum absolute atomic E-state index is 11.2. The topological polar surface area (TPSA) is 58.6 Å². The van der Waals surface area contributed by atoms with Crippen molar-refractivity contribution in [2.24, 2.45) is 5.41 Å². The van der Waals surface area contributed by atoms with Crippen molar-refractivity contribution in [1.29, 1.82) is 0 Å². The van der Waals surface area contributed by atoms with E-state index in [0.717, 1.165) is 12.8 Å². The van der Waals surface area contributed by atoms with Crippen LogP contribution in [-0.2, 0) is 9.53 Å². The van der Waals surface area contributed by atoms with Crippen LogP contribution in [0.5, 0.6) is 0 Å². The van der Waals surface area contributed by atoms with Crippen LogP contribution in [0.2, 0.25) is 0 Å². The quantitative estimate of drug-likeness (QED) is 0.662. The molecule has 0 aromatic carbocycles. The third-order valence-corrected chi connectivity index (χ3v) is 3.34. The van der Waals surface area contributed by atoms with Crippen LogP contribution < -0.4 is 5.32 Å². The summed E-state index contributed by atoms with van der Waals surface area (Å²) in [6, 6.07) is -0.293. The summed E-state index contributed by atoms with van der Waals surface area (Å²) >= 11 is 0. The third-order valence-electron chi connectivity index (χ3n) is 3.34. The van der Waals surface area contributed by atoms with Crippen LogP contribution in [0.15, 0.2) is 0 Å². The summed E-state index contributed by atoms with van der Waals surface area (Å²) in [5, 5.41) is 12.5. The van der Waals surface area contributed by atoms with E-state index in [1.165, 1.54) is 20.0 Å². The second-order valence-electron chi connectivity index (χ2n) is 4.49. The van der Waals surface area contributed by atoms with Crippen molar-refractivity contribution in [2.45, 2.75) is 38.6 Å². The van der Waals surface area contributed by atoms with Gasteiger partial charge in [0.2, 0.25) is 0 Å². The van der Waals surface area contributed by atoms with Gasteiger partial charge in [-0.2, -0.15) is 0 Å². The maximum atomic E-state index is 11.2. The Balaban J connectivity index is 2.37. The molecule has 0 aromatic rings. The molecule has 15 heavy (non-hydrogen) atoms. The second kappa shape index (κ2) is 5.47. The second-order valence-corrected chi connectivity index (χ2v) is 4.49. The van der Waals surface area contributed by atoms with E-state index in [4.69, 9.17) is 0 Å². The average molecular weight is 215 g/mol. The van der Waals surface area contributed by atoms with Crippen molar-refractivity contribution in [3.63, 3.8) is 0 Å². The number of nitrogens with one attached hydrogen (secondary N) is 1. The van der Waals surface area contributed by atoms with Crippen LogP contribution in [0.4, 0.5) is 0 Å². The summed E-state index contributed by atoms with van der Waals surface area (Å²) in [7, 11) is 1.39. The number of aliphatic hydroxyl groups excluding tert-OH is 1. The third kappa shape index (κ3) is 3.18. The first-order valence-corrected chi connectivity index (χ1v) is 5.56. The molecule has 1 aliphatic carbocycles. The molecule has 0 spiro atoms. The minimum atomic E-state index is -0.293. The number of rotatable bonds is 5. The van der Waals surface area contributed by atoms with Crippen LogP contribution in [0.25, 0.3) is 0 Å². The molecular formula is C11H21NO3. The standard InChI is InChI=1S/C11H21NO3/c1-9(10(14)15-2)12-7-11(8-13)5-3-4-6-11/h9,12-13H,3-8H2,1-2H3. The highest BCUT2D eigenvalue weighted by Crippen LogP contribution is 2.36. The van der Waals surface area contributed by atoms with E-state index in [2.05, 4.69) is 10.1 Å². The van der Waals surface area contributed by atoms with Gasteiger partial charge in [0.1, 0.15) is 6.04 Å². The van der Waals surface area contributed by atoms with E-state index in [9.17, 15) is 9.90 Å². The minimum absolute atomic E-state index is 0.0116. The number of aliphatic hydroxyl groups is 1. The van der Waals surface area contributed by atoms with Gasteiger partial charge in [0.15, 0.2) is 0 Å². The molecule has 1 saturated carbocycles. The number of methoxy groups -OCH3 is 1. The Hall–Kier alpha value is -0.610. The zero-order chi connectivity index (χ0) is 11.3. The summed E-state index contributed by atoms with van der Waals surface area (Å²) in [4.78, 5) is 11.2. The van der Waals surface area contributed by atoms with Gasteiger partial charge in [-0.25, -0.2) is 0 Å². The van der Waals surface area contributed by atoms with Crippen molar-refractivity contribution in [2.75, 3.05) is 20.3 Å². The van der Waals surface area contributed by atoms with Crippen molar-refractivity contribution in [3.05, 3.63) is 0 Å². The summed E-state index contributed by atoms with van der Waals surface area (Å²) in [6.07, 6.45) is 4.44. The van der Waals surface area contributed by atoms with Gasteiger partial charge >= 0.3 is 5.97 Å². The largest absolute Gasteiger partial charge is 0.468 e. The molecule has 1 fully saturated rings. The molecule has 0 aromatic heterocycles. The summed E-state index contributed by atoms with van der Waals surface area (Å²) < 4.78 is 4.63. The molecule has 1 unspecified atom stereocenters. The van der Waals surface area contributed by atoms with Gasteiger partial charge in [-0.15, -0.1) is 0 Å². The molecule has 0 radical (unpaired) electrons. The van der Waals surface area contributed by atoms with E-state index < -0.39 is 0 Å². The lowest BCUT2D eigenvalue weighted by atomic mass is 9.87. The van der Waals surface area contributed by atoms with Crippen molar-refractivity contribution >= 4 is 5.97 Å². The highest BCUT2D eigenvalue weighted by molar-refractivity contribution is 5.75. The summed E-state index contributed by atoms with van der Waals surface area (Å²) in [6.45, 7) is 2.68. The zero-order valence-electron chi connectivity index (χ0n) is 9.58. The molecule has 0 bridgehead atoms. The highest BCUT2D eigenvalue weighted by Gasteiger charge is 2.33.